The Hall–Kier alpha value is -4.95. The molecule has 332 valence electrons. The molecule has 13 heteroatoms. The first-order valence-electron chi connectivity index (χ1n) is 21.8. The number of thioether (sulfide) groups is 1. The highest BCUT2D eigenvalue weighted by Gasteiger charge is 2.65. The minimum atomic E-state index is -1.45. The molecule has 0 radical (unpaired) electrons. The van der Waals surface area contributed by atoms with Crippen LogP contribution in [0.3, 0.4) is 0 Å². The van der Waals surface area contributed by atoms with Crippen LogP contribution in [0.25, 0.3) is 0 Å². The summed E-state index contributed by atoms with van der Waals surface area (Å²) in [6.45, 7) is 9.11. The summed E-state index contributed by atoms with van der Waals surface area (Å²) in [5.74, 6) is 1.43. The fourth-order valence-electron chi connectivity index (χ4n) is 9.53. The zero-order chi connectivity index (χ0) is 43.3. The van der Waals surface area contributed by atoms with E-state index >= 15 is 0 Å². The van der Waals surface area contributed by atoms with Crippen LogP contribution in [0.4, 0.5) is 4.79 Å². The summed E-state index contributed by atoms with van der Waals surface area (Å²) in [6, 6.07) is 21.2. The van der Waals surface area contributed by atoms with Gasteiger partial charge in [-0.05, 0) is 97.5 Å². The minimum Gasteiger partial charge on any atom is -0.493 e. The molecule has 3 aromatic carbocycles. The number of unbranched alkanes of at least 4 members (excludes halogenated alkanes) is 2. The highest BCUT2D eigenvalue weighted by molar-refractivity contribution is 7.99. The van der Waals surface area contributed by atoms with Crippen LogP contribution in [-0.2, 0) is 20.9 Å². The normalized spacial score (nSPS) is 23.6. The van der Waals surface area contributed by atoms with Gasteiger partial charge >= 0.3 is 6.09 Å². The zero-order valence-corrected chi connectivity index (χ0v) is 36.5. The Labute approximate surface area is 369 Å². The number of rotatable bonds is 23. The first kappa shape index (κ1) is 45.1. The summed E-state index contributed by atoms with van der Waals surface area (Å²) in [5, 5.41) is 24.5. The van der Waals surface area contributed by atoms with Gasteiger partial charge in [-0.3, -0.25) is 4.90 Å². The van der Waals surface area contributed by atoms with Gasteiger partial charge in [0.15, 0.2) is 11.5 Å². The number of hydrogen-bond acceptors (Lipinski definition) is 12. The van der Waals surface area contributed by atoms with E-state index in [9.17, 15) is 15.0 Å². The molecule has 0 bridgehead atoms. The predicted molar refractivity (Wildman–Crippen MR) is 239 cm³/mol. The SMILES string of the molecule is C=CCCOC(=O)N(Cc1ccc2c(c1)OCO2)[C@H]1CC(=NOC)C2=C[C@H](CCCCO)[C@@H](CCCCO)[C@@H]3c4cc(OCCSc5ccccc5)ccc4O[C@@]1(OCC=C)[C@H]23. The van der Waals surface area contributed by atoms with Crippen LogP contribution >= 0.6 is 11.8 Å². The second-order valence-corrected chi connectivity index (χ2v) is 17.1. The molecule has 0 aromatic heterocycles. The van der Waals surface area contributed by atoms with Gasteiger partial charge in [0, 0.05) is 48.3 Å². The maximum atomic E-state index is 14.6. The van der Waals surface area contributed by atoms with Crippen LogP contribution in [0.2, 0.25) is 0 Å². The van der Waals surface area contributed by atoms with Gasteiger partial charge in [0.1, 0.15) is 24.7 Å². The van der Waals surface area contributed by atoms with Crippen LogP contribution in [0.5, 0.6) is 23.0 Å². The number of fused-ring (bicyclic) bond motifs is 3. The van der Waals surface area contributed by atoms with Crippen LogP contribution in [0, 0.1) is 17.8 Å². The molecule has 2 heterocycles. The first-order valence-corrected chi connectivity index (χ1v) is 22.8. The molecule has 6 atom stereocenters. The van der Waals surface area contributed by atoms with E-state index in [1.165, 1.54) is 12.0 Å². The van der Waals surface area contributed by atoms with E-state index < -0.39 is 23.8 Å². The molecular formula is C49H60N2O10S. The Bertz CT molecular complexity index is 2040. The number of allylic oxidation sites excluding steroid dienone is 1. The highest BCUT2D eigenvalue weighted by Crippen LogP contribution is 2.62. The van der Waals surface area contributed by atoms with Crippen LogP contribution in [-0.4, -0.2) is 91.4 Å². The molecule has 2 aliphatic heterocycles. The fourth-order valence-corrected chi connectivity index (χ4v) is 10.3. The minimum absolute atomic E-state index is 0.0663. The topological polar surface area (TPSA) is 138 Å². The lowest BCUT2D eigenvalue weighted by Gasteiger charge is -2.59. The van der Waals surface area contributed by atoms with Crippen molar-refractivity contribution in [2.24, 2.45) is 22.9 Å². The summed E-state index contributed by atoms with van der Waals surface area (Å²) >= 11 is 1.74. The fraction of sp³-hybridized carbons (Fsp3) is 0.469. The maximum absolute atomic E-state index is 14.6. The predicted octanol–water partition coefficient (Wildman–Crippen LogP) is 9.06. The number of carbonyl (C=O) groups excluding carboxylic acids is 1. The van der Waals surface area contributed by atoms with E-state index in [0.29, 0.717) is 48.8 Å². The molecule has 12 nitrogen and oxygen atoms in total. The van der Waals surface area contributed by atoms with Crippen molar-refractivity contribution in [2.45, 2.75) is 80.6 Å². The average Bonchev–Trinajstić information content (AvgIpc) is 3.77. The van der Waals surface area contributed by atoms with E-state index in [-0.39, 0.29) is 63.9 Å². The van der Waals surface area contributed by atoms with Crippen molar-refractivity contribution in [1.82, 2.24) is 4.90 Å². The molecular weight excluding hydrogens is 809 g/mol. The quantitative estimate of drug-likeness (QED) is 0.0409. The van der Waals surface area contributed by atoms with Crippen molar-refractivity contribution >= 4 is 23.6 Å². The molecule has 0 saturated heterocycles. The Kier molecular flexibility index (Phi) is 15.9. The largest absolute Gasteiger partial charge is 0.493 e. The average molecular weight is 869 g/mol. The standard InChI is InChI=1S/C49H60N2O10S/c1-4-6-25-57-48(54)51(32-34-18-20-43-44(28-34)59-33-58-43)45-31-41(50-55-3)39-29-35(14-10-12-22-52)38(17-11-13-23-53)46-40-30-36(56-26-27-62-37-15-8-7-9-16-37)19-21-42(40)61-49(45,47(39)46)60-24-5-2/h4-5,7-9,15-16,18-21,28-30,35,38,45-47,52-53H,1-2,6,10-14,17,22-27,31-33H2,3H3/t35-,38+,45-,46+,47+,49+/m0/s1. The summed E-state index contributed by atoms with van der Waals surface area (Å²) < 4.78 is 38.3. The van der Waals surface area contributed by atoms with E-state index in [4.69, 9.17) is 38.4 Å². The van der Waals surface area contributed by atoms with E-state index in [2.05, 4.69) is 37.4 Å². The second-order valence-electron chi connectivity index (χ2n) is 16.0. The summed E-state index contributed by atoms with van der Waals surface area (Å²) in [6.07, 6.45) is 10.6. The number of benzene rings is 3. The molecule has 1 amide bonds. The zero-order valence-electron chi connectivity index (χ0n) is 35.7. The molecule has 3 aromatic rings. The number of aliphatic hydroxyl groups is 2. The van der Waals surface area contributed by atoms with Gasteiger partial charge in [-0.15, -0.1) is 24.9 Å². The van der Waals surface area contributed by atoms with Crippen molar-refractivity contribution in [3.63, 3.8) is 0 Å². The number of aliphatic hydroxyl groups excluding tert-OH is 2. The molecule has 7 rings (SSSR count). The van der Waals surface area contributed by atoms with E-state index in [0.717, 1.165) is 53.9 Å². The Balaban J connectivity index is 1.37. The molecule has 4 aliphatic rings. The smallest absolute Gasteiger partial charge is 0.410 e. The van der Waals surface area contributed by atoms with Gasteiger partial charge in [0.05, 0.1) is 31.5 Å². The van der Waals surface area contributed by atoms with Crippen LogP contribution in [0.1, 0.15) is 68.4 Å². The van der Waals surface area contributed by atoms with E-state index in [1.807, 2.05) is 48.5 Å². The number of carbonyl (C=O) groups is 1. The summed E-state index contributed by atoms with van der Waals surface area (Å²) in [4.78, 5) is 23.1. The third-order valence-corrected chi connectivity index (χ3v) is 13.1. The lowest BCUT2D eigenvalue weighted by Crippen LogP contribution is -2.70. The molecule has 0 unspecified atom stereocenters. The number of oxime groups is 1. The molecule has 1 saturated carbocycles. The van der Waals surface area contributed by atoms with Gasteiger partial charge in [-0.1, -0.05) is 60.5 Å². The van der Waals surface area contributed by atoms with Gasteiger partial charge in [0.2, 0.25) is 12.6 Å². The lowest BCUT2D eigenvalue weighted by molar-refractivity contribution is -0.256. The molecule has 62 heavy (non-hydrogen) atoms. The second kappa shape index (κ2) is 21.9. The van der Waals surface area contributed by atoms with Crippen molar-refractivity contribution in [3.05, 3.63) is 115 Å². The Morgan fingerprint density at radius 2 is 1.74 bits per heavy atom. The number of nitrogens with zero attached hydrogens (tertiary/aromatic N) is 2. The lowest BCUT2D eigenvalue weighted by atomic mass is 9.55. The van der Waals surface area contributed by atoms with Crippen LogP contribution < -0.4 is 18.9 Å². The van der Waals surface area contributed by atoms with Crippen molar-refractivity contribution < 1.29 is 48.3 Å². The number of amides is 1. The molecule has 1 fully saturated rings. The maximum Gasteiger partial charge on any atom is 0.410 e. The van der Waals surface area contributed by atoms with Crippen molar-refractivity contribution in [3.8, 4) is 23.0 Å². The van der Waals surface area contributed by atoms with Gasteiger partial charge in [0.25, 0.3) is 0 Å². The summed E-state index contributed by atoms with van der Waals surface area (Å²) in [5.41, 5.74) is 3.43. The Morgan fingerprint density at radius 1 is 0.952 bits per heavy atom. The van der Waals surface area contributed by atoms with Crippen molar-refractivity contribution in [1.29, 1.82) is 0 Å². The number of hydrogen-bond donors (Lipinski definition) is 2. The molecule has 2 aliphatic carbocycles. The van der Waals surface area contributed by atoms with Gasteiger partial charge in [-0.2, -0.15) is 0 Å². The van der Waals surface area contributed by atoms with Gasteiger partial charge < -0.3 is 43.5 Å². The third-order valence-electron chi connectivity index (χ3n) is 12.2. The first-order chi connectivity index (χ1) is 30.4. The molecule has 0 spiro atoms. The number of ether oxygens (including phenoxy) is 6. The Morgan fingerprint density at radius 3 is 2.52 bits per heavy atom. The highest BCUT2D eigenvalue weighted by atomic mass is 32.2. The molecule has 2 N–H and O–H groups in total. The van der Waals surface area contributed by atoms with E-state index in [1.54, 1.807) is 28.8 Å². The van der Waals surface area contributed by atoms with Crippen molar-refractivity contribution in [2.75, 3.05) is 52.7 Å². The monoisotopic (exact) mass is 868 g/mol. The summed E-state index contributed by atoms with van der Waals surface area (Å²) in [7, 11) is 1.54. The third kappa shape index (κ3) is 10.1. The van der Waals surface area contributed by atoms with Gasteiger partial charge in [-0.25, -0.2) is 4.79 Å². The van der Waals surface area contributed by atoms with Crippen LogP contribution in [0.15, 0.2) is 114 Å².